The van der Waals surface area contributed by atoms with Gasteiger partial charge in [-0.05, 0) is 30.0 Å². The Bertz CT molecular complexity index is 1580. The van der Waals surface area contributed by atoms with Crippen molar-refractivity contribution in [2.24, 2.45) is 0 Å². The molecule has 160 valence electrons. The highest BCUT2D eigenvalue weighted by atomic mass is 32.1. The Morgan fingerprint density at radius 1 is 1.19 bits per heavy atom. The fourth-order valence-electron chi connectivity index (χ4n) is 3.45. The van der Waals surface area contributed by atoms with Crippen molar-refractivity contribution in [3.05, 3.63) is 79.5 Å². The number of ether oxygens (including phenoxy) is 1. The van der Waals surface area contributed by atoms with Gasteiger partial charge in [0.2, 0.25) is 0 Å². The van der Waals surface area contributed by atoms with Crippen LogP contribution in [-0.4, -0.2) is 25.5 Å². The van der Waals surface area contributed by atoms with Crippen LogP contribution in [0.4, 0.5) is 0 Å². The van der Waals surface area contributed by atoms with Crippen LogP contribution in [0.15, 0.2) is 57.0 Å². The molecule has 0 radical (unpaired) electrons. The number of benzene rings is 1. The highest BCUT2D eigenvalue weighted by molar-refractivity contribution is 7.18. The second kappa shape index (κ2) is 8.13. The van der Waals surface area contributed by atoms with Crippen LogP contribution in [0.2, 0.25) is 0 Å². The van der Waals surface area contributed by atoms with Crippen molar-refractivity contribution in [3.8, 4) is 10.4 Å². The molecule has 8 nitrogen and oxygen atoms in total. The Kier molecular flexibility index (Phi) is 5.16. The number of thiophene rings is 2. The first-order chi connectivity index (χ1) is 15.5. The third-order valence-corrected chi connectivity index (χ3v) is 6.79. The summed E-state index contributed by atoms with van der Waals surface area (Å²) in [6.07, 6.45) is 1.35. The molecule has 0 saturated carbocycles. The van der Waals surface area contributed by atoms with E-state index in [1.54, 1.807) is 12.1 Å². The maximum absolute atomic E-state index is 13.0. The number of nitrogens with zero attached hydrogens (tertiary/aromatic N) is 3. The highest BCUT2D eigenvalue weighted by Gasteiger charge is 2.16. The Hall–Kier alpha value is -3.63. The molecule has 5 aromatic rings. The summed E-state index contributed by atoms with van der Waals surface area (Å²) < 4.78 is 6.50. The van der Waals surface area contributed by atoms with Crippen molar-refractivity contribution >= 4 is 49.8 Å². The van der Waals surface area contributed by atoms with E-state index in [0.29, 0.717) is 21.1 Å². The number of H-pyrrole nitrogens is 1. The summed E-state index contributed by atoms with van der Waals surface area (Å²) in [5.41, 5.74) is 1.63. The molecule has 32 heavy (non-hydrogen) atoms. The Morgan fingerprint density at radius 2 is 2.06 bits per heavy atom. The second-order valence-electron chi connectivity index (χ2n) is 7.13. The molecular weight excluding hydrogens is 448 g/mol. The van der Waals surface area contributed by atoms with Gasteiger partial charge >= 0.3 is 5.97 Å². The van der Waals surface area contributed by atoms with Gasteiger partial charge in [0.25, 0.3) is 11.1 Å². The molecule has 0 aliphatic heterocycles. The van der Waals surface area contributed by atoms with Gasteiger partial charge in [0.1, 0.15) is 23.8 Å². The summed E-state index contributed by atoms with van der Waals surface area (Å²) in [5, 5.41) is 4.81. The quantitative estimate of drug-likeness (QED) is 0.399. The maximum Gasteiger partial charge on any atom is 0.326 e. The Labute approximate surface area is 188 Å². The monoisotopic (exact) mass is 464 g/mol. The second-order valence-corrected chi connectivity index (χ2v) is 8.93. The van der Waals surface area contributed by atoms with Crippen LogP contribution >= 0.6 is 22.7 Å². The first-order valence-corrected chi connectivity index (χ1v) is 11.4. The van der Waals surface area contributed by atoms with Crippen LogP contribution in [0.3, 0.4) is 0 Å². The number of carbonyl (C=O) groups excluding carboxylic acids is 1. The van der Waals surface area contributed by atoms with Crippen molar-refractivity contribution < 1.29 is 9.53 Å². The fraction of sp³-hybridized carbons (Fsp3) is 0.136. The van der Waals surface area contributed by atoms with E-state index in [0.717, 1.165) is 16.0 Å². The zero-order valence-corrected chi connectivity index (χ0v) is 18.5. The first kappa shape index (κ1) is 20.3. The molecule has 0 bridgehead atoms. The molecule has 0 atom stereocenters. The Morgan fingerprint density at radius 3 is 2.88 bits per heavy atom. The lowest BCUT2D eigenvalue weighted by Gasteiger charge is -2.08. The van der Waals surface area contributed by atoms with Gasteiger partial charge in [0.15, 0.2) is 0 Å². The SMILES string of the molecule is Cc1cccc2c(=O)[nH]c(COC(=O)Cn3cnc4scc(-c5cccs5)c4c3=O)nc12. The van der Waals surface area contributed by atoms with E-state index in [2.05, 4.69) is 15.0 Å². The molecule has 0 aliphatic rings. The number of aryl methyl sites for hydroxylation is 1. The lowest BCUT2D eigenvalue weighted by molar-refractivity contribution is -0.146. The van der Waals surface area contributed by atoms with Crippen molar-refractivity contribution in [3.63, 3.8) is 0 Å². The first-order valence-electron chi connectivity index (χ1n) is 9.66. The maximum atomic E-state index is 13.0. The number of rotatable bonds is 5. The number of aromatic nitrogens is 4. The Balaban J connectivity index is 1.37. The van der Waals surface area contributed by atoms with Gasteiger partial charge < -0.3 is 9.72 Å². The minimum atomic E-state index is -0.631. The average molecular weight is 465 g/mol. The van der Waals surface area contributed by atoms with Crippen molar-refractivity contribution in [1.29, 1.82) is 0 Å². The van der Waals surface area contributed by atoms with E-state index in [9.17, 15) is 14.4 Å². The van der Waals surface area contributed by atoms with E-state index >= 15 is 0 Å². The molecule has 0 unspecified atom stereocenters. The number of hydrogen-bond acceptors (Lipinski definition) is 8. The minimum absolute atomic E-state index is 0.207. The zero-order valence-electron chi connectivity index (χ0n) is 16.8. The number of hydrogen-bond donors (Lipinski definition) is 1. The lowest BCUT2D eigenvalue weighted by atomic mass is 10.1. The predicted molar refractivity (Wildman–Crippen MR) is 124 cm³/mol. The summed E-state index contributed by atoms with van der Waals surface area (Å²) in [6, 6.07) is 9.19. The van der Waals surface area contributed by atoms with E-state index in [1.165, 1.54) is 33.6 Å². The summed E-state index contributed by atoms with van der Waals surface area (Å²) in [5.74, 6) is -0.391. The summed E-state index contributed by atoms with van der Waals surface area (Å²) >= 11 is 2.92. The number of aromatic amines is 1. The van der Waals surface area contributed by atoms with Crippen LogP contribution in [-0.2, 0) is 22.7 Å². The van der Waals surface area contributed by atoms with Gasteiger partial charge in [-0.3, -0.25) is 19.0 Å². The van der Waals surface area contributed by atoms with Gasteiger partial charge in [-0.25, -0.2) is 9.97 Å². The lowest BCUT2D eigenvalue weighted by Crippen LogP contribution is -2.26. The molecule has 0 spiro atoms. The number of esters is 1. The molecule has 1 N–H and O–H groups in total. The predicted octanol–water partition coefficient (Wildman–Crippen LogP) is 3.47. The van der Waals surface area contributed by atoms with E-state index in [1.807, 2.05) is 35.9 Å². The number of carbonyl (C=O) groups is 1. The largest absolute Gasteiger partial charge is 0.456 e. The molecule has 4 aromatic heterocycles. The van der Waals surface area contributed by atoms with Crippen LogP contribution < -0.4 is 11.1 Å². The summed E-state index contributed by atoms with van der Waals surface area (Å²) in [7, 11) is 0. The smallest absolute Gasteiger partial charge is 0.326 e. The fourth-order valence-corrected chi connectivity index (χ4v) is 5.17. The van der Waals surface area contributed by atoms with Gasteiger partial charge in [0.05, 0.1) is 22.6 Å². The minimum Gasteiger partial charge on any atom is -0.456 e. The van der Waals surface area contributed by atoms with Gasteiger partial charge in [0, 0.05) is 15.8 Å². The standard InChI is InChI=1S/C22H16N4O4S2/c1-12-4-2-5-13-19(12)24-16(25-20(13)28)9-30-17(27)8-26-11-23-21-18(22(26)29)14(10-32-21)15-6-3-7-31-15/h2-7,10-11H,8-9H2,1H3,(H,24,25,28). The average Bonchev–Trinajstić information content (AvgIpc) is 3.45. The van der Waals surface area contributed by atoms with Gasteiger partial charge in [-0.1, -0.05) is 18.2 Å². The van der Waals surface area contributed by atoms with Crippen LogP contribution in [0.5, 0.6) is 0 Å². The van der Waals surface area contributed by atoms with Gasteiger partial charge in [-0.2, -0.15) is 0 Å². The molecular formula is C22H16N4O4S2. The van der Waals surface area contributed by atoms with Gasteiger partial charge in [-0.15, -0.1) is 22.7 Å². The van der Waals surface area contributed by atoms with Crippen molar-refractivity contribution in [2.75, 3.05) is 0 Å². The highest BCUT2D eigenvalue weighted by Crippen LogP contribution is 2.33. The molecule has 5 rings (SSSR count). The zero-order chi connectivity index (χ0) is 22.2. The molecule has 4 heterocycles. The van der Waals surface area contributed by atoms with Crippen molar-refractivity contribution in [2.45, 2.75) is 20.1 Å². The van der Waals surface area contributed by atoms with Crippen LogP contribution in [0, 0.1) is 6.92 Å². The van der Waals surface area contributed by atoms with Crippen molar-refractivity contribution in [1.82, 2.24) is 19.5 Å². The van der Waals surface area contributed by atoms with E-state index in [-0.39, 0.29) is 30.1 Å². The van der Waals surface area contributed by atoms with Crippen LogP contribution in [0.1, 0.15) is 11.4 Å². The molecule has 0 saturated heterocycles. The third kappa shape index (κ3) is 3.63. The van der Waals surface area contributed by atoms with Crippen LogP contribution in [0.25, 0.3) is 31.6 Å². The third-order valence-electron chi connectivity index (χ3n) is 5.00. The normalized spacial score (nSPS) is 11.3. The molecule has 0 amide bonds. The van der Waals surface area contributed by atoms with E-state index < -0.39 is 5.97 Å². The molecule has 10 heteroatoms. The summed E-state index contributed by atoms with van der Waals surface area (Å²) in [4.78, 5) is 50.6. The molecule has 0 aliphatic carbocycles. The molecule has 0 fully saturated rings. The topological polar surface area (TPSA) is 107 Å². The molecule has 1 aromatic carbocycles. The number of para-hydroxylation sites is 1. The number of fused-ring (bicyclic) bond motifs is 2. The van der Waals surface area contributed by atoms with E-state index in [4.69, 9.17) is 4.74 Å². The number of nitrogens with one attached hydrogen (secondary N) is 1. The summed E-state index contributed by atoms with van der Waals surface area (Å²) in [6.45, 7) is 1.36.